The highest BCUT2D eigenvalue weighted by Crippen LogP contribution is 2.28. The molecule has 0 bridgehead atoms. The van der Waals surface area contributed by atoms with Gasteiger partial charge in [-0.2, -0.15) is 0 Å². The maximum atomic E-state index is 11.0. The smallest absolute Gasteiger partial charge is 0.354 e. The van der Waals surface area contributed by atoms with Crippen LogP contribution in [0, 0.1) is 15.5 Å². The van der Waals surface area contributed by atoms with Crippen LogP contribution in [0.25, 0.3) is 0 Å². The van der Waals surface area contributed by atoms with Gasteiger partial charge in [-0.1, -0.05) is 20.8 Å². The fraction of sp³-hybridized carbons (Fsp3) is 0.636. The Labute approximate surface area is 116 Å². The Bertz CT molecular complexity index is 474. The van der Waals surface area contributed by atoms with Gasteiger partial charge >= 0.3 is 5.69 Å². The molecule has 5 N–H and O–H groups in total. The van der Waals surface area contributed by atoms with E-state index in [-0.39, 0.29) is 29.3 Å². The average molecular weight is 284 g/mol. The predicted molar refractivity (Wildman–Crippen MR) is 75.1 cm³/mol. The first kappa shape index (κ1) is 16.1. The number of nitrogens with zero attached hydrogens (tertiary/aromatic N) is 3. The van der Waals surface area contributed by atoms with E-state index in [2.05, 4.69) is 20.7 Å². The molecule has 0 amide bonds. The second-order valence-electron chi connectivity index (χ2n) is 5.62. The lowest BCUT2D eigenvalue weighted by atomic mass is 9.89. The van der Waals surface area contributed by atoms with Crippen LogP contribution in [0.4, 0.5) is 17.3 Å². The van der Waals surface area contributed by atoms with Crippen LogP contribution in [0.5, 0.6) is 0 Å². The molecule has 0 saturated heterocycles. The van der Waals surface area contributed by atoms with Crippen LogP contribution in [0.2, 0.25) is 0 Å². The molecule has 112 valence electrons. The number of nitrogens with one attached hydrogen (secondary N) is 2. The highest BCUT2D eigenvalue weighted by atomic mass is 16.6. The summed E-state index contributed by atoms with van der Waals surface area (Å²) in [4.78, 5) is 17.9. The van der Waals surface area contributed by atoms with Crippen LogP contribution < -0.4 is 16.6 Å². The van der Waals surface area contributed by atoms with E-state index < -0.39 is 11.0 Å². The van der Waals surface area contributed by atoms with E-state index in [4.69, 9.17) is 5.84 Å². The average Bonchev–Trinajstić information content (AvgIpc) is 2.33. The molecule has 0 aliphatic heterocycles. The van der Waals surface area contributed by atoms with Gasteiger partial charge in [0.25, 0.3) is 0 Å². The lowest BCUT2D eigenvalue weighted by Crippen LogP contribution is -2.26. The molecule has 9 heteroatoms. The number of nitrogen functional groups attached to an aromatic ring is 1. The second kappa shape index (κ2) is 6.44. The first-order chi connectivity index (χ1) is 9.24. The van der Waals surface area contributed by atoms with Crippen LogP contribution in [0.3, 0.4) is 0 Å². The zero-order chi connectivity index (χ0) is 15.3. The maximum absolute atomic E-state index is 11.0. The van der Waals surface area contributed by atoms with Crippen molar-refractivity contribution in [3.63, 3.8) is 0 Å². The summed E-state index contributed by atoms with van der Waals surface area (Å²) >= 11 is 0. The molecule has 1 atom stereocenters. The Morgan fingerprint density at radius 3 is 2.55 bits per heavy atom. The van der Waals surface area contributed by atoms with Gasteiger partial charge in [0.1, 0.15) is 6.33 Å². The van der Waals surface area contributed by atoms with Gasteiger partial charge in [0.2, 0.25) is 11.6 Å². The molecule has 0 aliphatic rings. The van der Waals surface area contributed by atoms with Crippen molar-refractivity contribution in [1.29, 1.82) is 0 Å². The fourth-order valence-corrected chi connectivity index (χ4v) is 1.78. The second-order valence-corrected chi connectivity index (χ2v) is 5.62. The first-order valence-corrected chi connectivity index (χ1v) is 6.12. The monoisotopic (exact) mass is 284 g/mol. The summed E-state index contributed by atoms with van der Waals surface area (Å²) in [6, 6.07) is 0. The van der Waals surface area contributed by atoms with E-state index in [1.807, 2.05) is 20.8 Å². The third-order valence-electron chi connectivity index (χ3n) is 2.49. The normalized spacial score (nSPS) is 12.8. The molecule has 1 heterocycles. The zero-order valence-corrected chi connectivity index (χ0v) is 11.8. The highest BCUT2D eigenvalue weighted by molar-refractivity contribution is 5.68. The molecule has 0 saturated carbocycles. The molecular formula is C11H20N6O3. The highest BCUT2D eigenvalue weighted by Gasteiger charge is 2.23. The van der Waals surface area contributed by atoms with Gasteiger partial charge in [0, 0.05) is 6.54 Å². The van der Waals surface area contributed by atoms with Gasteiger partial charge in [-0.3, -0.25) is 10.1 Å². The van der Waals surface area contributed by atoms with Crippen molar-refractivity contribution in [2.24, 2.45) is 11.3 Å². The minimum absolute atomic E-state index is 0.0194. The SMILES string of the molecule is CC(C)(C)CC(O)CNc1ncnc(NN)c1[N+](=O)[O-]. The zero-order valence-electron chi connectivity index (χ0n) is 11.8. The molecule has 0 aromatic carbocycles. The molecule has 1 aromatic rings. The summed E-state index contributed by atoms with van der Waals surface area (Å²) in [5, 5.41) is 23.6. The number of nitrogens with two attached hydrogens (primary N) is 1. The third-order valence-corrected chi connectivity index (χ3v) is 2.49. The quantitative estimate of drug-likeness (QED) is 0.343. The summed E-state index contributed by atoms with van der Waals surface area (Å²) in [7, 11) is 0. The largest absolute Gasteiger partial charge is 0.391 e. The summed E-state index contributed by atoms with van der Waals surface area (Å²) in [6.07, 6.45) is 1.07. The lowest BCUT2D eigenvalue weighted by Gasteiger charge is -2.22. The van der Waals surface area contributed by atoms with E-state index in [0.29, 0.717) is 6.42 Å². The first-order valence-electron chi connectivity index (χ1n) is 6.12. The number of rotatable bonds is 6. The van der Waals surface area contributed by atoms with E-state index >= 15 is 0 Å². The van der Waals surface area contributed by atoms with Crippen LogP contribution in [-0.2, 0) is 0 Å². The molecular weight excluding hydrogens is 264 g/mol. The summed E-state index contributed by atoms with van der Waals surface area (Å²) < 4.78 is 0. The Balaban J connectivity index is 2.80. The molecule has 0 aliphatic carbocycles. The Kier molecular flexibility index (Phi) is 5.17. The van der Waals surface area contributed by atoms with Gasteiger partial charge < -0.3 is 15.8 Å². The van der Waals surface area contributed by atoms with E-state index in [9.17, 15) is 15.2 Å². The lowest BCUT2D eigenvalue weighted by molar-refractivity contribution is -0.383. The van der Waals surface area contributed by atoms with Crippen molar-refractivity contribution in [1.82, 2.24) is 9.97 Å². The Morgan fingerprint density at radius 2 is 2.05 bits per heavy atom. The van der Waals surface area contributed by atoms with Crippen LogP contribution in [0.15, 0.2) is 6.33 Å². The molecule has 1 unspecified atom stereocenters. The standard InChI is InChI=1S/C11H20N6O3/c1-11(2,3)4-7(18)5-13-9-8(17(19)20)10(16-12)15-6-14-9/h6-7,18H,4-5,12H2,1-3H3,(H2,13,14,15,16). The molecule has 9 nitrogen and oxygen atoms in total. The van der Waals surface area contributed by atoms with E-state index in [0.717, 1.165) is 6.33 Å². The fourth-order valence-electron chi connectivity index (χ4n) is 1.78. The predicted octanol–water partition coefficient (Wildman–Crippen LogP) is 0.879. The van der Waals surface area contributed by atoms with E-state index in [1.165, 1.54) is 0 Å². The molecule has 0 fully saturated rings. The van der Waals surface area contributed by atoms with Crippen LogP contribution >= 0.6 is 0 Å². The maximum Gasteiger partial charge on any atom is 0.354 e. The van der Waals surface area contributed by atoms with Crippen molar-refractivity contribution in [3.8, 4) is 0 Å². The van der Waals surface area contributed by atoms with Crippen LogP contribution in [-0.4, -0.2) is 32.6 Å². The number of hydrogen-bond acceptors (Lipinski definition) is 8. The van der Waals surface area contributed by atoms with Gasteiger partial charge in [-0.15, -0.1) is 0 Å². The summed E-state index contributed by atoms with van der Waals surface area (Å²) in [6.45, 7) is 6.15. The van der Waals surface area contributed by atoms with Gasteiger partial charge in [0.15, 0.2) is 0 Å². The number of aliphatic hydroxyl groups is 1. The van der Waals surface area contributed by atoms with Gasteiger partial charge in [-0.05, 0) is 11.8 Å². The topological polar surface area (TPSA) is 139 Å². The van der Waals surface area contributed by atoms with Crippen molar-refractivity contribution in [2.75, 3.05) is 17.3 Å². The Hall–Kier alpha value is -2.00. The molecule has 0 spiro atoms. The number of hydrazine groups is 1. The molecule has 1 aromatic heterocycles. The number of anilines is 2. The third kappa shape index (κ3) is 4.59. The molecule has 0 radical (unpaired) electrons. The van der Waals surface area contributed by atoms with Crippen molar-refractivity contribution in [2.45, 2.75) is 33.3 Å². The minimum atomic E-state index is -0.640. The van der Waals surface area contributed by atoms with Crippen molar-refractivity contribution >= 4 is 17.3 Å². The number of nitro groups is 1. The molecule has 1 rings (SSSR count). The van der Waals surface area contributed by atoms with Crippen molar-refractivity contribution in [3.05, 3.63) is 16.4 Å². The summed E-state index contributed by atoms with van der Waals surface area (Å²) in [5.74, 6) is 5.11. The number of hydrogen-bond donors (Lipinski definition) is 4. The Morgan fingerprint density at radius 1 is 1.45 bits per heavy atom. The van der Waals surface area contributed by atoms with Gasteiger partial charge in [-0.25, -0.2) is 15.8 Å². The minimum Gasteiger partial charge on any atom is -0.391 e. The van der Waals surface area contributed by atoms with E-state index in [1.54, 1.807) is 0 Å². The molecule has 20 heavy (non-hydrogen) atoms. The number of aromatic nitrogens is 2. The van der Waals surface area contributed by atoms with Crippen molar-refractivity contribution < 1.29 is 10.0 Å². The van der Waals surface area contributed by atoms with Crippen LogP contribution in [0.1, 0.15) is 27.2 Å². The number of aliphatic hydroxyl groups excluding tert-OH is 1. The summed E-state index contributed by atoms with van der Waals surface area (Å²) in [5.41, 5.74) is 1.76. The van der Waals surface area contributed by atoms with Gasteiger partial charge in [0.05, 0.1) is 11.0 Å².